The zero-order chi connectivity index (χ0) is 19.0. The minimum Gasteiger partial charge on any atom is -0.353 e. The summed E-state index contributed by atoms with van der Waals surface area (Å²) in [7, 11) is 0. The van der Waals surface area contributed by atoms with Crippen LogP contribution in [0.2, 0.25) is 0 Å². The number of carbonyl (C=O) groups excluding carboxylic acids is 1. The number of anilines is 1. The zero-order valence-electron chi connectivity index (χ0n) is 16.6. The SMILES string of the molecule is CC(C)(C)C1CCc2c(C(=O)N3CCN(c4ccccn4)CC3)csc2C1. The molecule has 4 nitrogen and oxygen atoms in total. The molecule has 3 heterocycles. The van der Waals surface area contributed by atoms with Crippen LogP contribution in [0.25, 0.3) is 0 Å². The lowest BCUT2D eigenvalue weighted by atomic mass is 9.72. The summed E-state index contributed by atoms with van der Waals surface area (Å²) in [5.41, 5.74) is 2.64. The van der Waals surface area contributed by atoms with Crippen molar-refractivity contribution >= 4 is 23.1 Å². The van der Waals surface area contributed by atoms with Crippen LogP contribution in [-0.4, -0.2) is 42.0 Å². The first-order valence-corrected chi connectivity index (χ1v) is 10.9. The molecule has 1 atom stereocenters. The van der Waals surface area contributed by atoms with Gasteiger partial charge in [0.2, 0.25) is 0 Å². The van der Waals surface area contributed by atoms with Gasteiger partial charge in [-0.25, -0.2) is 4.98 Å². The summed E-state index contributed by atoms with van der Waals surface area (Å²) in [4.78, 5) is 23.3. The number of hydrogen-bond donors (Lipinski definition) is 0. The van der Waals surface area contributed by atoms with Crippen LogP contribution in [-0.2, 0) is 12.8 Å². The topological polar surface area (TPSA) is 36.4 Å². The fraction of sp³-hybridized carbons (Fsp3) is 0.545. The first-order chi connectivity index (χ1) is 12.9. The van der Waals surface area contributed by atoms with E-state index in [-0.39, 0.29) is 5.91 Å². The number of fused-ring (bicyclic) bond motifs is 1. The van der Waals surface area contributed by atoms with Gasteiger partial charge in [-0.3, -0.25) is 4.79 Å². The second-order valence-electron chi connectivity index (χ2n) is 8.82. The summed E-state index contributed by atoms with van der Waals surface area (Å²) in [5.74, 6) is 1.95. The Morgan fingerprint density at radius 3 is 2.63 bits per heavy atom. The molecule has 0 saturated carbocycles. The van der Waals surface area contributed by atoms with Gasteiger partial charge in [0.15, 0.2) is 0 Å². The highest BCUT2D eigenvalue weighted by Gasteiger charge is 2.33. The van der Waals surface area contributed by atoms with E-state index in [2.05, 4.69) is 36.0 Å². The average Bonchev–Trinajstić information content (AvgIpc) is 3.11. The minimum atomic E-state index is 0.224. The summed E-state index contributed by atoms with van der Waals surface area (Å²) in [6.07, 6.45) is 5.20. The largest absolute Gasteiger partial charge is 0.353 e. The molecule has 144 valence electrons. The van der Waals surface area contributed by atoms with Gasteiger partial charge >= 0.3 is 0 Å². The number of piperazine rings is 1. The van der Waals surface area contributed by atoms with E-state index in [1.54, 1.807) is 11.3 Å². The molecule has 1 aliphatic carbocycles. The van der Waals surface area contributed by atoms with E-state index >= 15 is 0 Å². The Bertz CT molecular complexity index is 801. The Hall–Kier alpha value is -1.88. The fourth-order valence-electron chi connectivity index (χ4n) is 4.28. The van der Waals surface area contributed by atoms with Crippen LogP contribution in [0.1, 0.15) is 48.0 Å². The molecule has 1 unspecified atom stereocenters. The van der Waals surface area contributed by atoms with E-state index < -0.39 is 0 Å². The van der Waals surface area contributed by atoms with Gasteiger partial charge in [0.05, 0.1) is 5.56 Å². The van der Waals surface area contributed by atoms with E-state index in [4.69, 9.17) is 0 Å². The molecule has 0 aromatic carbocycles. The van der Waals surface area contributed by atoms with Crippen LogP contribution in [0.15, 0.2) is 29.8 Å². The lowest BCUT2D eigenvalue weighted by Gasteiger charge is -2.36. The molecular weight excluding hydrogens is 354 g/mol. The Labute approximate surface area is 166 Å². The van der Waals surface area contributed by atoms with Crippen LogP contribution in [0.5, 0.6) is 0 Å². The van der Waals surface area contributed by atoms with E-state index in [1.807, 2.05) is 29.3 Å². The summed E-state index contributed by atoms with van der Waals surface area (Å²) in [6.45, 7) is 10.2. The second-order valence-corrected chi connectivity index (χ2v) is 9.79. The number of carbonyl (C=O) groups is 1. The molecule has 0 radical (unpaired) electrons. The van der Waals surface area contributed by atoms with Crippen molar-refractivity contribution in [1.82, 2.24) is 9.88 Å². The summed E-state index contributed by atoms with van der Waals surface area (Å²) in [6, 6.07) is 5.99. The molecule has 4 rings (SSSR count). The van der Waals surface area contributed by atoms with Crippen LogP contribution < -0.4 is 4.90 Å². The first-order valence-electron chi connectivity index (χ1n) is 9.98. The average molecular weight is 384 g/mol. The first kappa shape index (κ1) is 18.5. The van der Waals surface area contributed by atoms with Gasteiger partial charge in [-0.2, -0.15) is 0 Å². The summed E-state index contributed by atoms with van der Waals surface area (Å²) < 4.78 is 0. The van der Waals surface area contributed by atoms with Crippen molar-refractivity contribution in [3.8, 4) is 0 Å². The van der Waals surface area contributed by atoms with Crippen LogP contribution in [0.4, 0.5) is 5.82 Å². The number of hydrogen-bond acceptors (Lipinski definition) is 4. The van der Waals surface area contributed by atoms with E-state index in [9.17, 15) is 4.79 Å². The van der Waals surface area contributed by atoms with Crippen molar-refractivity contribution < 1.29 is 4.79 Å². The van der Waals surface area contributed by atoms with Crippen molar-refractivity contribution in [2.24, 2.45) is 11.3 Å². The fourth-order valence-corrected chi connectivity index (χ4v) is 5.44. The smallest absolute Gasteiger partial charge is 0.255 e. The highest BCUT2D eigenvalue weighted by Crippen LogP contribution is 2.40. The molecule has 27 heavy (non-hydrogen) atoms. The zero-order valence-corrected chi connectivity index (χ0v) is 17.4. The van der Waals surface area contributed by atoms with Gasteiger partial charge in [-0.05, 0) is 48.3 Å². The number of nitrogens with zero attached hydrogens (tertiary/aromatic N) is 3. The second kappa shape index (κ2) is 7.27. The predicted molar refractivity (Wildman–Crippen MR) is 112 cm³/mol. The van der Waals surface area contributed by atoms with E-state index in [1.165, 1.54) is 16.9 Å². The predicted octanol–water partition coefficient (Wildman–Crippen LogP) is 4.26. The monoisotopic (exact) mass is 383 g/mol. The number of pyridine rings is 1. The minimum absolute atomic E-state index is 0.224. The van der Waals surface area contributed by atoms with Crippen molar-refractivity contribution in [2.45, 2.75) is 40.0 Å². The maximum Gasteiger partial charge on any atom is 0.255 e. The molecule has 0 spiro atoms. The quantitative estimate of drug-likeness (QED) is 0.778. The normalized spacial score (nSPS) is 20.5. The summed E-state index contributed by atoms with van der Waals surface area (Å²) in [5, 5.41) is 2.11. The lowest BCUT2D eigenvalue weighted by molar-refractivity contribution is 0.0745. The van der Waals surface area contributed by atoms with Gasteiger partial charge < -0.3 is 9.80 Å². The van der Waals surface area contributed by atoms with Gasteiger partial charge in [0.1, 0.15) is 5.82 Å². The molecule has 2 aromatic heterocycles. The Morgan fingerprint density at radius 1 is 1.19 bits per heavy atom. The molecule has 0 N–H and O–H groups in total. The maximum atomic E-state index is 13.2. The van der Waals surface area contributed by atoms with E-state index in [0.717, 1.165) is 50.4 Å². The number of aromatic nitrogens is 1. The van der Waals surface area contributed by atoms with Crippen molar-refractivity contribution in [3.05, 3.63) is 45.8 Å². The van der Waals surface area contributed by atoms with Crippen LogP contribution in [0.3, 0.4) is 0 Å². The van der Waals surface area contributed by atoms with Crippen molar-refractivity contribution in [2.75, 3.05) is 31.1 Å². The van der Waals surface area contributed by atoms with Crippen molar-refractivity contribution in [3.63, 3.8) is 0 Å². The number of thiophene rings is 1. The molecule has 5 heteroatoms. The third kappa shape index (κ3) is 3.75. The maximum absolute atomic E-state index is 13.2. The lowest BCUT2D eigenvalue weighted by Crippen LogP contribution is -2.49. The van der Waals surface area contributed by atoms with Crippen molar-refractivity contribution in [1.29, 1.82) is 0 Å². The van der Waals surface area contributed by atoms with Crippen LogP contribution >= 0.6 is 11.3 Å². The van der Waals surface area contributed by atoms with Gasteiger partial charge in [-0.15, -0.1) is 11.3 Å². The molecular formula is C22H29N3OS. The Balaban J connectivity index is 1.42. The Morgan fingerprint density at radius 2 is 1.96 bits per heavy atom. The molecule has 1 amide bonds. The third-order valence-electron chi connectivity index (χ3n) is 6.15. The highest BCUT2D eigenvalue weighted by atomic mass is 32.1. The van der Waals surface area contributed by atoms with Gasteiger partial charge in [-0.1, -0.05) is 26.8 Å². The standard InChI is InChI=1S/C22H29N3OS/c1-22(2,3)16-7-8-17-18(15-27-19(17)14-16)21(26)25-12-10-24(11-13-25)20-6-4-5-9-23-20/h4-6,9,15-16H,7-8,10-14H2,1-3H3. The van der Waals surface area contributed by atoms with Gasteiger partial charge in [0, 0.05) is 42.6 Å². The molecule has 1 aliphatic heterocycles. The highest BCUT2D eigenvalue weighted by molar-refractivity contribution is 7.10. The summed E-state index contributed by atoms with van der Waals surface area (Å²) >= 11 is 1.79. The van der Waals surface area contributed by atoms with Gasteiger partial charge in [0.25, 0.3) is 5.91 Å². The molecule has 1 saturated heterocycles. The number of amides is 1. The van der Waals surface area contributed by atoms with E-state index in [0.29, 0.717) is 11.3 Å². The molecule has 2 aromatic rings. The Kier molecular flexibility index (Phi) is 4.97. The number of rotatable bonds is 2. The molecule has 0 bridgehead atoms. The molecule has 2 aliphatic rings. The third-order valence-corrected chi connectivity index (χ3v) is 7.20. The molecule has 1 fully saturated rings. The van der Waals surface area contributed by atoms with Crippen LogP contribution in [0, 0.1) is 11.3 Å².